The number of benzene rings is 1. The van der Waals surface area contributed by atoms with E-state index in [-0.39, 0.29) is 12.5 Å². The van der Waals surface area contributed by atoms with Crippen LogP contribution in [0, 0.1) is 0 Å². The van der Waals surface area contributed by atoms with Gasteiger partial charge < -0.3 is 19.7 Å². The SMILES string of the molecule is CCN(CC)C(=O)c1cccc(NC(=O)COC(=O)COC)c1. The van der Waals surface area contributed by atoms with Gasteiger partial charge in [0.1, 0.15) is 6.61 Å². The topological polar surface area (TPSA) is 84.9 Å². The second-order valence-corrected chi connectivity index (χ2v) is 4.70. The van der Waals surface area contributed by atoms with Crippen LogP contribution < -0.4 is 5.32 Å². The third-order valence-corrected chi connectivity index (χ3v) is 3.07. The highest BCUT2D eigenvalue weighted by molar-refractivity contribution is 5.97. The lowest BCUT2D eigenvalue weighted by atomic mass is 10.1. The van der Waals surface area contributed by atoms with Gasteiger partial charge in [-0.1, -0.05) is 6.07 Å². The molecule has 0 atom stereocenters. The molecule has 1 rings (SSSR count). The molecule has 1 aromatic carbocycles. The molecule has 1 N–H and O–H groups in total. The molecule has 126 valence electrons. The van der Waals surface area contributed by atoms with Crippen LogP contribution in [-0.2, 0) is 19.1 Å². The maximum absolute atomic E-state index is 12.3. The number of carbonyl (C=O) groups is 3. The van der Waals surface area contributed by atoms with Gasteiger partial charge in [-0.15, -0.1) is 0 Å². The lowest BCUT2D eigenvalue weighted by Crippen LogP contribution is -2.30. The Kier molecular flexibility index (Phi) is 7.76. The summed E-state index contributed by atoms with van der Waals surface area (Å²) in [6.07, 6.45) is 0. The largest absolute Gasteiger partial charge is 0.454 e. The van der Waals surface area contributed by atoms with Crippen molar-refractivity contribution in [3.63, 3.8) is 0 Å². The second kappa shape index (κ2) is 9.58. The molecule has 0 aliphatic rings. The van der Waals surface area contributed by atoms with E-state index in [0.717, 1.165) is 0 Å². The normalized spacial score (nSPS) is 10.0. The summed E-state index contributed by atoms with van der Waals surface area (Å²) in [6.45, 7) is 4.42. The van der Waals surface area contributed by atoms with Crippen LogP contribution in [0.1, 0.15) is 24.2 Å². The zero-order valence-electron chi connectivity index (χ0n) is 13.6. The Morgan fingerprint density at radius 3 is 2.43 bits per heavy atom. The highest BCUT2D eigenvalue weighted by Gasteiger charge is 2.13. The van der Waals surface area contributed by atoms with Crippen molar-refractivity contribution in [3.05, 3.63) is 29.8 Å². The highest BCUT2D eigenvalue weighted by Crippen LogP contribution is 2.13. The fraction of sp³-hybridized carbons (Fsp3) is 0.438. The Morgan fingerprint density at radius 2 is 1.83 bits per heavy atom. The standard InChI is InChI=1S/C16H22N2O5/c1-4-18(5-2)16(21)12-7-6-8-13(9-12)17-14(19)10-23-15(20)11-22-3/h6-9H,4-5,10-11H2,1-3H3,(H,17,19). The summed E-state index contributed by atoms with van der Waals surface area (Å²) < 4.78 is 9.31. The van der Waals surface area contributed by atoms with Crippen molar-refractivity contribution < 1.29 is 23.9 Å². The van der Waals surface area contributed by atoms with E-state index < -0.39 is 18.5 Å². The summed E-state index contributed by atoms with van der Waals surface area (Å²) in [5.41, 5.74) is 0.957. The van der Waals surface area contributed by atoms with Crippen LogP contribution in [0.2, 0.25) is 0 Å². The molecule has 0 radical (unpaired) electrons. The van der Waals surface area contributed by atoms with Gasteiger partial charge in [0.25, 0.3) is 11.8 Å². The summed E-state index contributed by atoms with van der Waals surface area (Å²) in [7, 11) is 1.36. The number of methoxy groups -OCH3 is 1. The maximum atomic E-state index is 12.3. The molecule has 0 saturated heterocycles. The van der Waals surface area contributed by atoms with Crippen molar-refractivity contribution in [1.29, 1.82) is 0 Å². The summed E-state index contributed by atoms with van der Waals surface area (Å²) in [5, 5.41) is 2.58. The van der Waals surface area contributed by atoms with Crippen LogP contribution in [0.15, 0.2) is 24.3 Å². The first-order chi connectivity index (χ1) is 11.0. The van der Waals surface area contributed by atoms with E-state index >= 15 is 0 Å². The van der Waals surface area contributed by atoms with Crippen LogP contribution in [0.25, 0.3) is 0 Å². The molecule has 0 bridgehead atoms. The quantitative estimate of drug-likeness (QED) is 0.729. The third-order valence-electron chi connectivity index (χ3n) is 3.07. The van der Waals surface area contributed by atoms with Crippen LogP contribution >= 0.6 is 0 Å². The number of ether oxygens (including phenoxy) is 2. The molecule has 7 nitrogen and oxygen atoms in total. The van der Waals surface area contributed by atoms with Gasteiger partial charge in [0.05, 0.1) is 0 Å². The fourth-order valence-corrected chi connectivity index (χ4v) is 1.93. The molecule has 23 heavy (non-hydrogen) atoms. The minimum atomic E-state index is -0.617. The van der Waals surface area contributed by atoms with E-state index in [0.29, 0.717) is 24.3 Å². The molecule has 0 spiro atoms. The number of nitrogens with zero attached hydrogens (tertiary/aromatic N) is 1. The third kappa shape index (κ3) is 6.07. The van der Waals surface area contributed by atoms with Crippen molar-refractivity contribution in [3.8, 4) is 0 Å². The summed E-state index contributed by atoms with van der Waals surface area (Å²) in [6, 6.07) is 6.63. The molecule has 0 fully saturated rings. The highest BCUT2D eigenvalue weighted by atomic mass is 16.6. The number of anilines is 1. The van der Waals surface area contributed by atoms with E-state index in [2.05, 4.69) is 10.1 Å². The molecule has 0 heterocycles. The number of hydrogen-bond donors (Lipinski definition) is 1. The first-order valence-electron chi connectivity index (χ1n) is 7.35. The smallest absolute Gasteiger partial charge is 0.332 e. The monoisotopic (exact) mass is 322 g/mol. The first kappa shape index (κ1) is 18.6. The van der Waals surface area contributed by atoms with E-state index in [9.17, 15) is 14.4 Å². The van der Waals surface area contributed by atoms with E-state index in [1.165, 1.54) is 7.11 Å². The summed E-state index contributed by atoms with van der Waals surface area (Å²) in [5.74, 6) is -1.20. The van der Waals surface area contributed by atoms with E-state index in [4.69, 9.17) is 4.74 Å². The summed E-state index contributed by atoms with van der Waals surface area (Å²) in [4.78, 5) is 36.8. The Bertz CT molecular complexity index is 555. The average Bonchev–Trinajstić information content (AvgIpc) is 2.54. The lowest BCUT2D eigenvalue weighted by Gasteiger charge is -2.19. The molecule has 0 unspecified atom stereocenters. The number of esters is 1. The molecule has 1 aromatic rings. The van der Waals surface area contributed by atoms with Crippen molar-refractivity contribution in [1.82, 2.24) is 4.90 Å². The van der Waals surface area contributed by atoms with Crippen LogP contribution in [0.5, 0.6) is 0 Å². The molecule has 2 amide bonds. The van der Waals surface area contributed by atoms with Crippen molar-refractivity contribution >= 4 is 23.5 Å². The van der Waals surface area contributed by atoms with E-state index in [1.807, 2.05) is 13.8 Å². The van der Waals surface area contributed by atoms with Crippen molar-refractivity contribution in [2.45, 2.75) is 13.8 Å². The molecule has 0 aromatic heterocycles. The van der Waals surface area contributed by atoms with Crippen LogP contribution in [0.3, 0.4) is 0 Å². The number of nitrogens with one attached hydrogen (secondary N) is 1. The predicted molar refractivity (Wildman–Crippen MR) is 85.2 cm³/mol. The molecule has 7 heteroatoms. The Labute approximate surface area is 135 Å². The predicted octanol–water partition coefficient (Wildman–Crippen LogP) is 1.30. The lowest BCUT2D eigenvalue weighted by molar-refractivity contribution is -0.150. The van der Waals surface area contributed by atoms with Crippen molar-refractivity contribution in [2.24, 2.45) is 0 Å². The molecular formula is C16H22N2O5. The molecule has 0 aliphatic heterocycles. The Morgan fingerprint density at radius 1 is 1.13 bits per heavy atom. The van der Waals surface area contributed by atoms with E-state index in [1.54, 1.807) is 29.2 Å². The van der Waals surface area contributed by atoms with Crippen molar-refractivity contribution in [2.75, 3.05) is 38.7 Å². The van der Waals surface area contributed by atoms with Gasteiger partial charge in [0.2, 0.25) is 0 Å². The van der Waals surface area contributed by atoms with Crippen LogP contribution in [0.4, 0.5) is 5.69 Å². The van der Waals surface area contributed by atoms with Gasteiger partial charge in [0.15, 0.2) is 6.61 Å². The van der Waals surface area contributed by atoms with Gasteiger partial charge in [-0.2, -0.15) is 0 Å². The minimum Gasteiger partial charge on any atom is -0.454 e. The summed E-state index contributed by atoms with van der Waals surface area (Å²) >= 11 is 0. The zero-order chi connectivity index (χ0) is 17.2. The van der Waals surface area contributed by atoms with Crippen LogP contribution in [-0.4, -0.2) is 56.1 Å². The van der Waals surface area contributed by atoms with Gasteiger partial charge in [-0.25, -0.2) is 4.79 Å². The van der Waals surface area contributed by atoms with Gasteiger partial charge in [0, 0.05) is 31.5 Å². The average molecular weight is 322 g/mol. The first-order valence-corrected chi connectivity index (χ1v) is 7.35. The molecular weight excluding hydrogens is 300 g/mol. The number of carbonyl (C=O) groups excluding carboxylic acids is 3. The molecule has 0 saturated carbocycles. The van der Waals surface area contributed by atoms with Gasteiger partial charge in [-0.3, -0.25) is 9.59 Å². The van der Waals surface area contributed by atoms with Gasteiger partial charge in [-0.05, 0) is 32.0 Å². The number of hydrogen-bond acceptors (Lipinski definition) is 5. The number of rotatable bonds is 8. The Balaban J connectivity index is 2.65. The van der Waals surface area contributed by atoms with Gasteiger partial charge >= 0.3 is 5.97 Å². The Hall–Kier alpha value is -2.41. The molecule has 0 aliphatic carbocycles. The minimum absolute atomic E-state index is 0.0994. The zero-order valence-corrected chi connectivity index (χ0v) is 13.6. The fourth-order valence-electron chi connectivity index (χ4n) is 1.93. The number of amides is 2. The maximum Gasteiger partial charge on any atom is 0.332 e. The second-order valence-electron chi connectivity index (χ2n) is 4.70.